The molecule has 10 nitrogen and oxygen atoms in total. The molecular formula is C30H25F5N8O2S. The number of halogens is 5. The lowest BCUT2D eigenvalue weighted by Crippen LogP contribution is -2.34. The zero-order valence-corrected chi connectivity index (χ0v) is 25.5. The Balaban J connectivity index is 1.56. The molecule has 0 atom stereocenters. The highest BCUT2D eigenvalue weighted by Gasteiger charge is 2.39. The molecule has 0 spiro atoms. The second-order valence-electron chi connectivity index (χ2n) is 10.4. The second-order valence-corrected chi connectivity index (χ2v) is 11.5. The van der Waals surface area contributed by atoms with E-state index in [2.05, 4.69) is 15.1 Å². The molecule has 2 N–H and O–H groups in total. The number of carbonyl (C=O) groups is 1. The summed E-state index contributed by atoms with van der Waals surface area (Å²) in [6, 6.07) is 5.77. The second kappa shape index (κ2) is 11.4. The topological polar surface area (TPSA) is 126 Å². The van der Waals surface area contributed by atoms with E-state index in [1.165, 1.54) is 7.11 Å². The molecule has 1 aliphatic rings. The van der Waals surface area contributed by atoms with Crippen molar-refractivity contribution in [2.24, 2.45) is 0 Å². The van der Waals surface area contributed by atoms with Crippen LogP contribution in [0.1, 0.15) is 41.2 Å². The first-order valence-electron chi connectivity index (χ1n) is 14.1. The quantitative estimate of drug-likeness (QED) is 0.222. The number of amides is 1. The Hall–Kier alpha value is -5.04. The Labute approximate surface area is 262 Å². The smallest absolute Gasteiger partial charge is 0.417 e. The lowest BCUT2D eigenvalue weighted by atomic mass is 9.92. The molecule has 3 aromatic heterocycles. The molecule has 0 aliphatic carbocycles. The van der Waals surface area contributed by atoms with E-state index in [4.69, 9.17) is 10.5 Å². The number of nitriles is 1. The van der Waals surface area contributed by atoms with Gasteiger partial charge in [0, 0.05) is 36.0 Å². The summed E-state index contributed by atoms with van der Waals surface area (Å²) in [7, 11) is 1.24. The van der Waals surface area contributed by atoms with Crippen LogP contribution in [-0.2, 0) is 19.3 Å². The molecule has 46 heavy (non-hydrogen) atoms. The molecule has 0 fully saturated rings. The van der Waals surface area contributed by atoms with Crippen molar-refractivity contribution < 1.29 is 31.5 Å². The molecule has 6 rings (SSSR count). The molecular weight excluding hydrogens is 631 g/mol. The Morgan fingerprint density at radius 1 is 1.17 bits per heavy atom. The SMILES string of the molecule is CCN(CC)C(=O)c1cc2n(n1)CCN(c1nc(OC)nc3c(F)c(-c4ccc(F)c5sc(N)c(C#N)c45)c(C(F)(F)F)cc13)C2. The molecule has 1 amide bonds. The van der Waals surface area contributed by atoms with Crippen molar-refractivity contribution in [2.45, 2.75) is 33.1 Å². The maximum absolute atomic E-state index is 16.6. The number of fused-ring (bicyclic) bond motifs is 3. The van der Waals surface area contributed by atoms with Crippen molar-refractivity contribution in [3.05, 3.63) is 58.4 Å². The highest BCUT2D eigenvalue weighted by Crippen LogP contribution is 2.48. The third-order valence-electron chi connectivity index (χ3n) is 7.94. The van der Waals surface area contributed by atoms with Gasteiger partial charge >= 0.3 is 12.2 Å². The van der Waals surface area contributed by atoms with Crippen molar-refractivity contribution in [3.8, 4) is 23.2 Å². The van der Waals surface area contributed by atoms with Crippen LogP contribution in [0.2, 0.25) is 0 Å². The number of benzene rings is 2. The number of nitrogen functional groups attached to an aromatic ring is 1. The third kappa shape index (κ3) is 4.91. The van der Waals surface area contributed by atoms with Crippen molar-refractivity contribution in [3.63, 3.8) is 0 Å². The summed E-state index contributed by atoms with van der Waals surface area (Å²) in [6.07, 6.45) is -5.09. The minimum atomic E-state index is -5.09. The van der Waals surface area contributed by atoms with Gasteiger partial charge in [-0.3, -0.25) is 9.48 Å². The van der Waals surface area contributed by atoms with Gasteiger partial charge < -0.3 is 20.3 Å². The summed E-state index contributed by atoms with van der Waals surface area (Å²) in [4.78, 5) is 24.6. The van der Waals surface area contributed by atoms with Crippen molar-refractivity contribution in [1.82, 2.24) is 24.6 Å². The summed E-state index contributed by atoms with van der Waals surface area (Å²) in [5, 5.41) is 13.5. The number of nitrogens with zero attached hydrogens (tertiary/aromatic N) is 7. The molecule has 0 saturated carbocycles. The predicted molar refractivity (Wildman–Crippen MR) is 161 cm³/mol. The summed E-state index contributed by atoms with van der Waals surface area (Å²) < 4.78 is 82.4. The lowest BCUT2D eigenvalue weighted by molar-refractivity contribution is -0.137. The van der Waals surface area contributed by atoms with Crippen molar-refractivity contribution in [1.29, 1.82) is 5.26 Å². The van der Waals surface area contributed by atoms with Gasteiger partial charge in [0.25, 0.3) is 5.91 Å². The lowest BCUT2D eigenvalue weighted by Gasteiger charge is -2.30. The normalized spacial score (nSPS) is 13.2. The zero-order valence-electron chi connectivity index (χ0n) is 24.7. The van der Waals surface area contributed by atoms with Gasteiger partial charge in [-0.15, -0.1) is 11.3 Å². The Bertz CT molecular complexity index is 2080. The van der Waals surface area contributed by atoms with Gasteiger partial charge in [0.1, 0.15) is 28.2 Å². The molecule has 1 aliphatic heterocycles. The Morgan fingerprint density at radius 2 is 1.91 bits per heavy atom. The Morgan fingerprint density at radius 3 is 2.57 bits per heavy atom. The fourth-order valence-electron chi connectivity index (χ4n) is 5.74. The summed E-state index contributed by atoms with van der Waals surface area (Å²) in [5.74, 6) is -2.45. The molecule has 2 aromatic carbocycles. The van der Waals surface area contributed by atoms with Gasteiger partial charge in [0.2, 0.25) is 0 Å². The van der Waals surface area contributed by atoms with Gasteiger partial charge in [-0.25, -0.2) is 8.78 Å². The van der Waals surface area contributed by atoms with E-state index in [9.17, 15) is 27.6 Å². The van der Waals surface area contributed by atoms with E-state index < -0.39 is 34.5 Å². The summed E-state index contributed by atoms with van der Waals surface area (Å²) >= 11 is 0.684. The number of ether oxygens (including phenoxy) is 1. The molecule has 4 heterocycles. The van der Waals surface area contributed by atoms with E-state index in [-0.39, 0.29) is 74.7 Å². The number of anilines is 2. The maximum Gasteiger partial charge on any atom is 0.417 e. The van der Waals surface area contributed by atoms with Crippen LogP contribution >= 0.6 is 11.3 Å². The number of thiophene rings is 1. The van der Waals surface area contributed by atoms with Crippen LogP contribution in [0.15, 0.2) is 24.3 Å². The van der Waals surface area contributed by atoms with E-state index in [1.807, 2.05) is 13.8 Å². The molecule has 5 aromatic rings. The molecule has 16 heteroatoms. The average molecular weight is 657 g/mol. The van der Waals surface area contributed by atoms with Crippen LogP contribution in [0.25, 0.3) is 32.1 Å². The number of hydrogen-bond donors (Lipinski definition) is 1. The van der Waals surface area contributed by atoms with Gasteiger partial charge in [-0.2, -0.15) is 33.5 Å². The number of methoxy groups -OCH3 is 1. The van der Waals surface area contributed by atoms with Crippen molar-refractivity contribution >= 4 is 49.1 Å². The van der Waals surface area contributed by atoms with Gasteiger partial charge in [-0.05, 0) is 37.6 Å². The van der Waals surface area contributed by atoms with Crippen LogP contribution < -0.4 is 15.4 Å². The number of hydrogen-bond acceptors (Lipinski definition) is 9. The average Bonchev–Trinajstić information content (AvgIpc) is 3.62. The summed E-state index contributed by atoms with van der Waals surface area (Å²) in [5.41, 5.74) is 3.36. The van der Waals surface area contributed by atoms with Crippen LogP contribution in [-0.4, -0.2) is 57.3 Å². The maximum atomic E-state index is 16.6. The van der Waals surface area contributed by atoms with Gasteiger partial charge in [-0.1, -0.05) is 6.07 Å². The van der Waals surface area contributed by atoms with Crippen LogP contribution in [0.3, 0.4) is 0 Å². The number of rotatable bonds is 6. The fraction of sp³-hybridized carbons (Fsp3) is 0.300. The minimum Gasteiger partial charge on any atom is -0.467 e. The minimum absolute atomic E-state index is 0.0244. The van der Waals surface area contributed by atoms with E-state index >= 15 is 4.39 Å². The fourth-order valence-corrected chi connectivity index (χ4v) is 6.69. The van der Waals surface area contributed by atoms with Gasteiger partial charge in [0.05, 0.1) is 41.7 Å². The van der Waals surface area contributed by atoms with Crippen LogP contribution in [0.5, 0.6) is 6.01 Å². The standard InChI is InChI=1S/C30H25F5N8O2S/c1-4-41(5-2)28(44)20-10-14-13-42(8-9-43(14)40-20)27-16-11-18(30(33,34)35)22(23(32)24(16)38-29(39-27)45-3)15-6-7-19(31)25-21(15)17(12-36)26(37)46-25/h6-7,10-11H,4-5,8-9,13,37H2,1-3H3. The molecule has 0 bridgehead atoms. The molecule has 0 saturated heterocycles. The third-order valence-corrected chi connectivity index (χ3v) is 8.97. The van der Waals surface area contributed by atoms with E-state index in [1.54, 1.807) is 26.6 Å². The van der Waals surface area contributed by atoms with Crippen molar-refractivity contribution in [2.75, 3.05) is 37.4 Å². The Kier molecular flexibility index (Phi) is 7.67. The number of alkyl halides is 3. The monoisotopic (exact) mass is 656 g/mol. The van der Waals surface area contributed by atoms with E-state index in [0.29, 0.717) is 30.1 Å². The first-order valence-corrected chi connectivity index (χ1v) is 14.9. The first-order chi connectivity index (χ1) is 21.9. The number of nitrogens with two attached hydrogens (primary N) is 1. The zero-order chi connectivity index (χ0) is 33.1. The molecule has 0 radical (unpaired) electrons. The molecule has 0 unspecified atom stereocenters. The number of aromatic nitrogens is 4. The highest BCUT2D eigenvalue weighted by molar-refractivity contribution is 7.23. The largest absolute Gasteiger partial charge is 0.467 e. The summed E-state index contributed by atoms with van der Waals surface area (Å²) in [6.45, 7) is 5.26. The predicted octanol–water partition coefficient (Wildman–Crippen LogP) is 5.97. The number of carbonyl (C=O) groups excluding carboxylic acids is 1. The molecule has 238 valence electrons. The van der Waals surface area contributed by atoms with Crippen LogP contribution in [0, 0.1) is 23.0 Å². The van der Waals surface area contributed by atoms with E-state index in [0.717, 1.165) is 18.2 Å². The van der Waals surface area contributed by atoms with Crippen LogP contribution in [0.4, 0.5) is 32.8 Å². The highest BCUT2D eigenvalue weighted by atomic mass is 32.1. The van der Waals surface area contributed by atoms with Gasteiger partial charge in [0.15, 0.2) is 11.5 Å². The first kappa shape index (κ1) is 31.0.